The maximum Gasteiger partial charge on any atom is 0.339 e. The van der Waals surface area contributed by atoms with Crippen molar-refractivity contribution in [3.05, 3.63) is 27.8 Å². The molecule has 0 aromatic heterocycles. The Morgan fingerprint density at radius 2 is 2.06 bits per heavy atom. The Labute approximate surface area is 111 Å². The van der Waals surface area contributed by atoms with Gasteiger partial charge < -0.3 is 14.6 Å². The first kappa shape index (κ1) is 14.8. The lowest BCUT2D eigenvalue weighted by Crippen LogP contribution is -2.17. The molecular formula is C13H17ClO4. The molecule has 0 radical (unpaired) electrons. The highest BCUT2D eigenvalue weighted by atomic mass is 35.5. The lowest BCUT2D eigenvalue weighted by atomic mass is 9.99. The zero-order valence-electron chi connectivity index (χ0n) is 10.9. The molecule has 0 spiro atoms. The first-order valence-electron chi connectivity index (χ1n) is 5.62. The fraction of sp³-hybridized carbons (Fsp3) is 0.462. The van der Waals surface area contributed by atoms with Gasteiger partial charge in [0.1, 0.15) is 5.75 Å². The zero-order valence-corrected chi connectivity index (χ0v) is 11.7. The quantitative estimate of drug-likeness (QED) is 0.856. The number of aliphatic hydroxyl groups is 1. The van der Waals surface area contributed by atoms with E-state index in [1.54, 1.807) is 19.9 Å². The minimum atomic E-state index is -1.39. The molecule has 0 saturated heterocycles. The van der Waals surface area contributed by atoms with Crippen molar-refractivity contribution in [3.63, 3.8) is 0 Å². The van der Waals surface area contributed by atoms with E-state index in [1.807, 2.05) is 6.92 Å². The van der Waals surface area contributed by atoms with E-state index < -0.39 is 12.1 Å². The van der Waals surface area contributed by atoms with Gasteiger partial charge in [0.25, 0.3) is 0 Å². The normalized spacial score (nSPS) is 12.1. The fourth-order valence-corrected chi connectivity index (χ4v) is 2.05. The van der Waals surface area contributed by atoms with Crippen molar-refractivity contribution >= 4 is 17.6 Å². The molecule has 1 unspecified atom stereocenters. The minimum Gasteiger partial charge on any atom is -0.495 e. The molecule has 0 aliphatic heterocycles. The van der Waals surface area contributed by atoms with Crippen LogP contribution in [0.2, 0.25) is 5.02 Å². The molecule has 1 rings (SSSR count). The number of halogens is 1. The minimum absolute atomic E-state index is 0.205. The molecule has 0 bridgehead atoms. The molecule has 0 fully saturated rings. The predicted octanol–water partition coefficient (Wildman–Crippen LogP) is 2.56. The third kappa shape index (κ3) is 2.76. The first-order valence-corrected chi connectivity index (χ1v) is 6.00. The largest absolute Gasteiger partial charge is 0.495 e. The second kappa shape index (κ2) is 6.07. The van der Waals surface area contributed by atoms with Crippen molar-refractivity contribution in [2.24, 2.45) is 0 Å². The summed E-state index contributed by atoms with van der Waals surface area (Å²) in [6, 6.07) is 1.79. The number of benzene rings is 1. The third-order valence-electron chi connectivity index (χ3n) is 2.64. The van der Waals surface area contributed by atoms with Crippen LogP contribution in [0.4, 0.5) is 0 Å². The highest BCUT2D eigenvalue weighted by Crippen LogP contribution is 2.38. The maximum absolute atomic E-state index is 11.6. The van der Waals surface area contributed by atoms with Crippen LogP contribution in [0.1, 0.15) is 29.7 Å². The van der Waals surface area contributed by atoms with Crippen LogP contribution in [-0.2, 0) is 9.53 Å². The molecule has 1 aromatic carbocycles. The molecule has 0 aliphatic carbocycles. The van der Waals surface area contributed by atoms with Crippen molar-refractivity contribution in [1.29, 1.82) is 0 Å². The van der Waals surface area contributed by atoms with Gasteiger partial charge in [-0.05, 0) is 31.9 Å². The van der Waals surface area contributed by atoms with Crippen LogP contribution >= 0.6 is 11.6 Å². The van der Waals surface area contributed by atoms with Crippen LogP contribution in [0.5, 0.6) is 5.75 Å². The summed E-state index contributed by atoms with van der Waals surface area (Å²) in [6.07, 6.45) is -1.39. The van der Waals surface area contributed by atoms with E-state index in [4.69, 9.17) is 21.1 Å². The summed E-state index contributed by atoms with van der Waals surface area (Å²) in [7, 11) is 1.45. The number of hydrogen-bond acceptors (Lipinski definition) is 4. The van der Waals surface area contributed by atoms with Crippen LogP contribution in [0.25, 0.3) is 0 Å². The van der Waals surface area contributed by atoms with Gasteiger partial charge >= 0.3 is 5.97 Å². The highest BCUT2D eigenvalue weighted by Gasteiger charge is 2.26. The number of methoxy groups -OCH3 is 1. The smallest absolute Gasteiger partial charge is 0.339 e. The Hall–Kier alpha value is -1.26. The average molecular weight is 273 g/mol. The fourth-order valence-electron chi connectivity index (χ4n) is 1.82. The molecule has 1 aromatic rings. The number of hydrogen-bond donors (Lipinski definition) is 1. The molecule has 1 atom stereocenters. The van der Waals surface area contributed by atoms with Gasteiger partial charge in [-0.15, -0.1) is 0 Å². The number of carbonyl (C=O) groups excluding carboxylic acids is 1. The van der Waals surface area contributed by atoms with E-state index in [1.165, 1.54) is 7.11 Å². The van der Waals surface area contributed by atoms with Crippen LogP contribution in [0, 0.1) is 13.8 Å². The van der Waals surface area contributed by atoms with Gasteiger partial charge in [0.15, 0.2) is 6.10 Å². The summed E-state index contributed by atoms with van der Waals surface area (Å²) < 4.78 is 9.98. The molecular weight excluding hydrogens is 256 g/mol. The van der Waals surface area contributed by atoms with Gasteiger partial charge in [-0.2, -0.15) is 0 Å². The topological polar surface area (TPSA) is 55.8 Å². The van der Waals surface area contributed by atoms with E-state index >= 15 is 0 Å². The SMILES string of the molecule is CCOC(=O)C(O)c1c(C)cc(C)c(Cl)c1OC. The van der Waals surface area contributed by atoms with Crippen molar-refractivity contribution in [1.82, 2.24) is 0 Å². The first-order chi connectivity index (χ1) is 8.43. The van der Waals surface area contributed by atoms with Crippen LogP contribution in [-0.4, -0.2) is 24.8 Å². The maximum atomic E-state index is 11.6. The van der Waals surface area contributed by atoms with Gasteiger partial charge in [-0.3, -0.25) is 0 Å². The summed E-state index contributed by atoms with van der Waals surface area (Å²) in [5.74, 6) is -0.395. The Morgan fingerprint density at radius 3 is 2.56 bits per heavy atom. The molecule has 0 aliphatic rings. The number of aliphatic hydroxyl groups excluding tert-OH is 1. The highest BCUT2D eigenvalue weighted by molar-refractivity contribution is 6.33. The van der Waals surface area contributed by atoms with Gasteiger partial charge in [0.05, 0.1) is 18.7 Å². The van der Waals surface area contributed by atoms with E-state index in [-0.39, 0.29) is 6.61 Å². The van der Waals surface area contributed by atoms with Crippen LogP contribution in [0.3, 0.4) is 0 Å². The lowest BCUT2D eigenvalue weighted by molar-refractivity contribution is -0.153. The van der Waals surface area contributed by atoms with Gasteiger partial charge in [-0.25, -0.2) is 4.79 Å². The van der Waals surface area contributed by atoms with Crippen molar-refractivity contribution < 1.29 is 19.4 Å². The van der Waals surface area contributed by atoms with Gasteiger partial charge in [0.2, 0.25) is 0 Å². The molecule has 0 amide bonds. The van der Waals surface area contributed by atoms with Crippen LogP contribution < -0.4 is 4.74 Å². The summed E-state index contributed by atoms with van der Waals surface area (Å²) in [5, 5.41) is 10.4. The summed E-state index contributed by atoms with van der Waals surface area (Å²) >= 11 is 6.11. The number of rotatable bonds is 4. The number of ether oxygens (including phenoxy) is 2. The predicted molar refractivity (Wildman–Crippen MR) is 69.1 cm³/mol. The number of aryl methyl sites for hydroxylation is 2. The Kier molecular flexibility index (Phi) is 4.99. The van der Waals surface area contributed by atoms with E-state index in [0.717, 1.165) is 11.1 Å². The van der Waals surface area contributed by atoms with Crippen molar-refractivity contribution in [2.45, 2.75) is 26.9 Å². The summed E-state index contributed by atoms with van der Waals surface area (Å²) in [6.45, 7) is 5.50. The number of esters is 1. The zero-order chi connectivity index (χ0) is 13.9. The Morgan fingerprint density at radius 1 is 1.44 bits per heavy atom. The molecule has 1 N–H and O–H groups in total. The molecule has 18 heavy (non-hydrogen) atoms. The second-order valence-corrected chi connectivity index (χ2v) is 4.30. The molecule has 0 heterocycles. The molecule has 0 saturated carbocycles. The molecule has 4 nitrogen and oxygen atoms in total. The Bertz CT molecular complexity index is 457. The standard InChI is InChI=1S/C13H17ClO4/c1-5-18-13(16)11(15)9-7(2)6-8(3)10(14)12(9)17-4/h6,11,15H,5H2,1-4H3. The molecule has 100 valence electrons. The molecule has 5 heteroatoms. The van der Waals surface area contributed by atoms with Crippen molar-refractivity contribution in [3.8, 4) is 5.75 Å². The second-order valence-electron chi connectivity index (χ2n) is 3.93. The third-order valence-corrected chi connectivity index (χ3v) is 3.11. The monoisotopic (exact) mass is 272 g/mol. The van der Waals surface area contributed by atoms with E-state index in [0.29, 0.717) is 16.3 Å². The summed E-state index contributed by atoms with van der Waals surface area (Å²) in [4.78, 5) is 11.6. The Balaban J connectivity index is 3.31. The summed E-state index contributed by atoms with van der Waals surface area (Å²) in [5.41, 5.74) is 1.91. The number of carbonyl (C=O) groups is 1. The van der Waals surface area contributed by atoms with Crippen molar-refractivity contribution in [2.75, 3.05) is 13.7 Å². The average Bonchev–Trinajstić information content (AvgIpc) is 2.32. The van der Waals surface area contributed by atoms with E-state index in [2.05, 4.69) is 0 Å². The van der Waals surface area contributed by atoms with Crippen LogP contribution in [0.15, 0.2) is 6.07 Å². The lowest BCUT2D eigenvalue weighted by Gasteiger charge is -2.18. The van der Waals surface area contributed by atoms with Gasteiger partial charge in [0, 0.05) is 5.56 Å². The van der Waals surface area contributed by atoms with E-state index in [9.17, 15) is 9.90 Å². The van der Waals surface area contributed by atoms with Gasteiger partial charge in [-0.1, -0.05) is 17.7 Å².